The van der Waals surface area contributed by atoms with Gasteiger partial charge in [-0.15, -0.1) is 0 Å². The quantitative estimate of drug-likeness (QED) is 0.866. The van der Waals surface area contributed by atoms with E-state index >= 15 is 0 Å². The van der Waals surface area contributed by atoms with Crippen LogP contribution in [0, 0.1) is 23.2 Å². The van der Waals surface area contributed by atoms with Crippen LogP contribution in [-0.4, -0.2) is 19.1 Å². The fourth-order valence-corrected chi connectivity index (χ4v) is 3.76. The zero-order valence-electron chi connectivity index (χ0n) is 14.8. The molecule has 5 heteroatoms. The molecular formula is C20H26N2O3. The van der Waals surface area contributed by atoms with Crippen molar-refractivity contribution in [1.29, 1.82) is 5.26 Å². The maximum absolute atomic E-state index is 12.5. The van der Waals surface area contributed by atoms with E-state index in [0.29, 0.717) is 11.5 Å². The first-order valence-corrected chi connectivity index (χ1v) is 9.24. The Balaban J connectivity index is 1.63. The Bertz CT molecular complexity index is 639. The zero-order valence-corrected chi connectivity index (χ0v) is 14.8. The molecule has 134 valence electrons. The van der Waals surface area contributed by atoms with E-state index in [9.17, 15) is 4.79 Å². The predicted molar refractivity (Wildman–Crippen MR) is 95.6 cm³/mol. The van der Waals surface area contributed by atoms with Gasteiger partial charge in [0.1, 0.15) is 0 Å². The first kappa shape index (κ1) is 17.6. The summed E-state index contributed by atoms with van der Waals surface area (Å²) in [5, 5.41) is 12.0. The number of nitriles is 1. The second-order valence-electron chi connectivity index (χ2n) is 7.06. The molecule has 1 amide bonds. The number of nitrogens with zero attached hydrogens (tertiary/aromatic N) is 1. The van der Waals surface area contributed by atoms with Gasteiger partial charge in [-0.1, -0.05) is 0 Å². The third kappa shape index (κ3) is 4.45. The molecule has 0 spiro atoms. The Kier molecular flexibility index (Phi) is 5.80. The molecule has 0 radical (unpaired) electrons. The van der Waals surface area contributed by atoms with Gasteiger partial charge in [0.2, 0.25) is 5.91 Å². The Morgan fingerprint density at radius 1 is 1.12 bits per heavy atom. The lowest BCUT2D eigenvalue weighted by atomic mass is 9.82. The first-order chi connectivity index (χ1) is 12.2. The largest absolute Gasteiger partial charge is 0.493 e. The fourth-order valence-electron chi connectivity index (χ4n) is 3.76. The molecule has 2 fully saturated rings. The highest BCUT2D eigenvalue weighted by atomic mass is 16.5. The molecule has 0 atom stereocenters. The Hall–Kier alpha value is -2.22. The number of nitrogens with one attached hydrogen (secondary N) is 1. The van der Waals surface area contributed by atoms with Crippen LogP contribution >= 0.6 is 0 Å². The molecule has 3 rings (SSSR count). The number of benzene rings is 1. The minimum absolute atomic E-state index is 0.00842. The van der Waals surface area contributed by atoms with Crippen molar-refractivity contribution in [3.8, 4) is 17.6 Å². The predicted octanol–water partition coefficient (Wildman–Crippen LogP) is 4.29. The fraction of sp³-hybridized carbons (Fsp3) is 0.600. The normalized spacial score (nSPS) is 23.7. The minimum Gasteiger partial charge on any atom is -0.493 e. The van der Waals surface area contributed by atoms with Gasteiger partial charge >= 0.3 is 0 Å². The van der Waals surface area contributed by atoms with Crippen LogP contribution in [0.1, 0.15) is 51.4 Å². The molecule has 0 unspecified atom stereocenters. The number of methoxy groups -OCH3 is 1. The SMILES string of the molecule is COc1ccc(NC(=O)[C@H]2CC[C@@H](C#N)CC2)cc1OC1CCCC1. The minimum atomic E-state index is -0.00842. The summed E-state index contributed by atoms with van der Waals surface area (Å²) in [6.45, 7) is 0. The molecule has 2 aliphatic rings. The van der Waals surface area contributed by atoms with Crippen molar-refractivity contribution in [3.05, 3.63) is 18.2 Å². The van der Waals surface area contributed by atoms with E-state index < -0.39 is 0 Å². The maximum Gasteiger partial charge on any atom is 0.227 e. The van der Waals surface area contributed by atoms with Crippen LogP contribution in [0.2, 0.25) is 0 Å². The third-order valence-electron chi connectivity index (χ3n) is 5.31. The molecule has 2 saturated carbocycles. The summed E-state index contributed by atoms with van der Waals surface area (Å²) in [5.74, 6) is 1.52. The van der Waals surface area contributed by atoms with Crippen LogP contribution in [0.4, 0.5) is 5.69 Å². The summed E-state index contributed by atoms with van der Waals surface area (Å²) in [7, 11) is 1.63. The molecule has 1 aromatic rings. The van der Waals surface area contributed by atoms with Gasteiger partial charge in [0.15, 0.2) is 11.5 Å². The summed E-state index contributed by atoms with van der Waals surface area (Å²) >= 11 is 0. The lowest BCUT2D eigenvalue weighted by Crippen LogP contribution is -2.26. The van der Waals surface area contributed by atoms with E-state index in [1.54, 1.807) is 7.11 Å². The standard InChI is InChI=1S/C20H26N2O3/c1-24-18-11-10-16(12-19(18)25-17-4-2-3-5-17)22-20(23)15-8-6-14(13-21)7-9-15/h10-12,14-15,17H,2-9H2,1H3,(H,22,23)/t14-,15+. The van der Waals surface area contributed by atoms with Gasteiger partial charge in [-0.25, -0.2) is 0 Å². The van der Waals surface area contributed by atoms with E-state index in [1.165, 1.54) is 12.8 Å². The maximum atomic E-state index is 12.5. The second kappa shape index (κ2) is 8.24. The van der Waals surface area contributed by atoms with Crippen LogP contribution in [0.15, 0.2) is 18.2 Å². The molecule has 1 aromatic carbocycles. The van der Waals surface area contributed by atoms with Gasteiger partial charge in [-0.2, -0.15) is 5.26 Å². The molecule has 0 saturated heterocycles. The smallest absolute Gasteiger partial charge is 0.227 e. The lowest BCUT2D eigenvalue weighted by molar-refractivity contribution is -0.120. The summed E-state index contributed by atoms with van der Waals surface area (Å²) in [6.07, 6.45) is 7.98. The molecule has 5 nitrogen and oxygen atoms in total. The number of amides is 1. The number of rotatable bonds is 5. The molecular weight excluding hydrogens is 316 g/mol. The average Bonchev–Trinajstić information content (AvgIpc) is 3.15. The van der Waals surface area contributed by atoms with Crippen molar-refractivity contribution in [3.63, 3.8) is 0 Å². The van der Waals surface area contributed by atoms with Crippen LogP contribution < -0.4 is 14.8 Å². The highest BCUT2D eigenvalue weighted by molar-refractivity contribution is 5.92. The van der Waals surface area contributed by atoms with E-state index in [-0.39, 0.29) is 23.8 Å². The van der Waals surface area contributed by atoms with Gasteiger partial charge < -0.3 is 14.8 Å². The molecule has 0 heterocycles. The Morgan fingerprint density at radius 2 is 1.84 bits per heavy atom. The highest BCUT2D eigenvalue weighted by Gasteiger charge is 2.26. The summed E-state index contributed by atoms with van der Waals surface area (Å²) < 4.78 is 11.5. The topological polar surface area (TPSA) is 71.3 Å². The molecule has 0 bridgehead atoms. The van der Waals surface area contributed by atoms with Gasteiger partial charge in [0, 0.05) is 23.6 Å². The molecule has 1 N–H and O–H groups in total. The third-order valence-corrected chi connectivity index (χ3v) is 5.31. The van der Waals surface area contributed by atoms with Crippen LogP contribution in [0.25, 0.3) is 0 Å². The average molecular weight is 342 g/mol. The van der Waals surface area contributed by atoms with Crippen LogP contribution in [-0.2, 0) is 4.79 Å². The zero-order chi connectivity index (χ0) is 17.6. The number of hydrogen-bond acceptors (Lipinski definition) is 4. The summed E-state index contributed by atoms with van der Waals surface area (Å²) in [6, 6.07) is 7.85. The molecule has 2 aliphatic carbocycles. The van der Waals surface area contributed by atoms with Crippen LogP contribution in [0.3, 0.4) is 0 Å². The van der Waals surface area contributed by atoms with Crippen molar-refractivity contribution >= 4 is 11.6 Å². The number of ether oxygens (including phenoxy) is 2. The van der Waals surface area contributed by atoms with Crippen LogP contribution in [0.5, 0.6) is 11.5 Å². The van der Waals surface area contributed by atoms with Crippen molar-refractivity contribution in [1.82, 2.24) is 0 Å². The number of carbonyl (C=O) groups is 1. The molecule has 0 aromatic heterocycles. The van der Waals surface area contributed by atoms with Gasteiger partial charge in [-0.3, -0.25) is 4.79 Å². The van der Waals surface area contributed by atoms with Gasteiger partial charge in [0.05, 0.1) is 19.3 Å². The number of anilines is 1. The number of hydrogen-bond donors (Lipinski definition) is 1. The monoisotopic (exact) mass is 342 g/mol. The number of carbonyl (C=O) groups excluding carboxylic acids is 1. The van der Waals surface area contributed by atoms with Gasteiger partial charge in [0.25, 0.3) is 0 Å². The molecule has 25 heavy (non-hydrogen) atoms. The first-order valence-electron chi connectivity index (χ1n) is 9.24. The Labute approximate surface area is 149 Å². The van der Waals surface area contributed by atoms with E-state index in [2.05, 4.69) is 11.4 Å². The second-order valence-corrected chi connectivity index (χ2v) is 7.06. The molecule has 0 aliphatic heterocycles. The van der Waals surface area contributed by atoms with E-state index in [0.717, 1.165) is 44.2 Å². The summed E-state index contributed by atoms with van der Waals surface area (Å²) in [5.41, 5.74) is 0.737. The van der Waals surface area contributed by atoms with Gasteiger partial charge in [-0.05, 0) is 63.5 Å². The Morgan fingerprint density at radius 3 is 2.48 bits per heavy atom. The van der Waals surface area contributed by atoms with E-state index in [1.807, 2.05) is 18.2 Å². The summed E-state index contributed by atoms with van der Waals surface area (Å²) in [4.78, 5) is 12.5. The van der Waals surface area contributed by atoms with Crippen molar-refractivity contribution < 1.29 is 14.3 Å². The van der Waals surface area contributed by atoms with E-state index in [4.69, 9.17) is 14.7 Å². The van der Waals surface area contributed by atoms with Crippen molar-refractivity contribution in [2.24, 2.45) is 11.8 Å². The van der Waals surface area contributed by atoms with Crippen molar-refractivity contribution in [2.45, 2.75) is 57.5 Å². The lowest BCUT2D eigenvalue weighted by Gasteiger charge is -2.24. The highest BCUT2D eigenvalue weighted by Crippen LogP contribution is 2.35. The van der Waals surface area contributed by atoms with Crippen molar-refractivity contribution in [2.75, 3.05) is 12.4 Å².